The number of rotatable bonds is 10. The van der Waals surface area contributed by atoms with Crippen molar-refractivity contribution in [3.8, 4) is 11.5 Å². The Morgan fingerprint density at radius 3 is 2.07 bits per heavy atom. The van der Waals surface area contributed by atoms with Crippen LogP contribution >= 0.6 is 0 Å². The monoisotopic (exact) mass is 435 g/mol. The summed E-state index contributed by atoms with van der Waals surface area (Å²) in [6.45, 7) is 5.99. The summed E-state index contributed by atoms with van der Waals surface area (Å²) in [7, 11) is -3.41. The molecule has 0 aromatic heterocycles. The van der Waals surface area contributed by atoms with E-state index in [-0.39, 0.29) is 11.1 Å². The summed E-state index contributed by atoms with van der Waals surface area (Å²) in [5.74, 6) is -0.148. The maximum Gasteiger partial charge on any atom is 0.338 e. The second kappa shape index (κ2) is 10.1. The Balaban J connectivity index is 2.09. The predicted octanol–water partition coefficient (Wildman–Crippen LogP) is 3.28. The standard InChI is InChI=1S/C21H25NO7S/c1-5-27-18-12-9-16(13-19(18)28-6-2)21(24)29-14(3)20(23)15-7-10-17(11-8-15)22-30(4,25)26/h7-14,22H,5-6H2,1-4H3. The fourth-order valence-corrected chi connectivity index (χ4v) is 3.18. The van der Waals surface area contributed by atoms with Crippen molar-refractivity contribution in [2.24, 2.45) is 0 Å². The van der Waals surface area contributed by atoms with Crippen LogP contribution in [0.3, 0.4) is 0 Å². The van der Waals surface area contributed by atoms with Gasteiger partial charge in [0.25, 0.3) is 0 Å². The Labute approximate surface area is 176 Å². The lowest BCUT2D eigenvalue weighted by molar-refractivity contribution is 0.0318. The number of ether oxygens (including phenoxy) is 3. The van der Waals surface area contributed by atoms with E-state index in [0.717, 1.165) is 6.26 Å². The molecule has 8 nitrogen and oxygen atoms in total. The molecule has 162 valence electrons. The predicted molar refractivity (Wildman–Crippen MR) is 113 cm³/mol. The highest BCUT2D eigenvalue weighted by Gasteiger charge is 2.21. The van der Waals surface area contributed by atoms with Gasteiger partial charge < -0.3 is 14.2 Å². The third-order valence-electron chi connectivity index (χ3n) is 3.90. The number of Topliss-reactive ketones (excluding diaryl/α,β-unsaturated/α-hetero) is 1. The number of hydrogen-bond donors (Lipinski definition) is 1. The van der Waals surface area contributed by atoms with Crippen LogP contribution in [0.2, 0.25) is 0 Å². The molecule has 1 N–H and O–H groups in total. The molecule has 0 aliphatic carbocycles. The Morgan fingerprint density at radius 1 is 0.933 bits per heavy atom. The number of ketones is 1. The first-order chi connectivity index (χ1) is 14.1. The Bertz CT molecular complexity index is 1000. The number of esters is 1. The molecule has 0 saturated carbocycles. The zero-order chi connectivity index (χ0) is 22.3. The molecule has 9 heteroatoms. The summed E-state index contributed by atoms with van der Waals surface area (Å²) in [5.41, 5.74) is 0.849. The van der Waals surface area contributed by atoms with Crippen molar-refractivity contribution in [2.45, 2.75) is 26.9 Å². The van der Waals surface area contributed by atoms with Crippen molar-refractivity contribution >= 4 is 27.5 Å². The summed E-state index contributed by atoms with van der Waals surface area (Å²) in [4.78, 5) is 25.0. The first-order valence-corrected chi connectivity index (χ1v) is 11.3. The van der Waals surface area contributed by atoms with E-state index in [9.17, 15) is 18.0 Å². The van der Waals surface area contributed by atoms with Crippen LogP contribution in [0.25, 0.3) is 0 Å². The molecule has 0 bridgehead atoms. The summed E-state index contributed by atoms with van der Waals surface area (Å²) >= 11 is 0. The number of benzene rings is 2. The van der Waals surface area contributed by atoms with Crippen molar-refractivity contribution in [2.75, 3.05) is 24.2 Å². The number of carbonyl (C=O) groups is 2. The lowest BCUT2D eigenvalue weighted by atomic mass is 10.1. The van der Waals surface area contributed by atoms with Crippen LogP contribution in [0.15, 0.2) is 42.5 Å². The minimum atomic E-state index is -3.41. The van der Waals surface area contributed by atoms with Gasteiger partial charge in [-0.15, -0.1) is 0 Å². The average Bonchev–Trinajstić information content (AvgIpc) is 2.68. The quantitative estimate of drug-likeness (QED) is 0.451. The van der Waals surface area contributed by atoms with Crippen LogP contribution in [0, 0.1) is 0 Å². The Hall–Kier alpha value is -3.07. The molecule has 0 aliphatic rings. The van der Waals surface area contributed by atoms with E-state index in [1.165, 1.54) is 37.3 Å². The van der Waals surface area contributed by atoms with Crippen molar-refractivity contribution in [1.29, 1.82) is 0 Å². The van der Waals surface area contributed by atoms with Crippen LogP contribution in [-0.2, 0) is 14.8 Å². The molecular weight excluding hydrogens is 410 g/mol. The normalized spacial score (nSPS) is 12.0. The van der Waals surface area contributed by atoms with Gasteiger partial charge >= 0.3 is 5.97 Å². The smallest absolute Gasteiger partial charge is 0.338 e. The highest BCUT2D eigenvalue weighted by atomic mass is 32.2. The first-order valence-electron chi connectivity index (χ1n) is 9.37. The number of nitrogens with one attached hydrogen (secondary N) is 1. The van der Waals surface area contributed by atoms with Gasteiger partial charge in [0.05, 0.1) is 25.0 Å². The van der Waals surface area contributed by atoms with Gasteiger partial charge in [-0.3, -0.25) is 9.52 Å². The fourth-order valence-electron chi connectivity index (χ4n) is 2.61. The largest absolute Gasteiger partial charge is 0.490 e. The molecule has 0 amide bonds. The second-order valence-electron chi connectivity index (χ2n) is 6.39. The number of carbonyl (C=O) groups excluding carboxylic acids is 2. The van der Waals surface area contributed by atoms with Crippen LogP contribution in [0.5, 0.6) is 11.5 Å². The SMILES string of the molecule is CCOc1ccc(C(=O)OC(C)C(=O)c2ccc(NS(C)(=O)=O)cc2)cc1OCC. The van der Waals surface area contributed by atoms with Gasteiger partial charge in [0.2, 0.25) is 15.8 Å². The van der Waals surface area contributed by atoms with Crippen molar-refractivity contribution in [3.63, 3.8) is 0 Å². The van der Waals surface area contributed by atoms with E-state index in [1.807, 2.05) is 13.8 Å². The van der Waals surface area contributed by atoms with E-state index in [1.54, 1.807) is 12.1 Å². The second-order valence-corrected chi connectivity index (χ2v) is 8.14. The Morgan fingerprint density at radius 2 is 1.50 bits per heavy atom. The van der Waals surface area contributed by atoms with Gasteiger partial charge in [0, 0.05) is 11.3 Å². The lowest BCUT2D eigenvalue weighted by Crippen LogP contribution is -2.24. The van der Waals surface area contributed by atoms with Crippen LogP contribution < -0.4 is 14.2 Å². The number of anilines is 1. The molecule has 2 rings (SSSR count). The molecule has 0 spiro atoms. The molecule has 30 heavy (non-hydrogen) atoms. The summed E-state index contributed by atoms with van der Waals surface area (Å²) in [5, 5.41) is 0. The van der Waals surface area contributed by atoms with Gasteiger partial charge in [-0.2, -0.15) is 0 Å². The van der Waals surface area contributed by atoms with Gasteiger partial charge in [0.1, 0.15) is 0 Å². The van der Waals surface area contributed by atoms with Gasteiger partial charge in [0.15, 0.2) is 17.6 Å². The molecule has 0 fully saturated rings. The molecule has 2 aromatic carbocycles. The van der Waals surface area contributed by atoms with E-state index in [2.05, 4.69) is 4.72 Å². The lowest BCUT2D eigenvalue weighted by Gasteiger charge is -2.15. The summed E-state index contributed by atoms with van der Waals surface area (Å²) < 4.78 is 41.1. The highest BCUT2D eigenvalue weighted by Crippen LogP contribution is 2.29. The highest BCUT2D eigenvalue weighted by molar-refractivity contribution is 7.92. The fraction of sp³-hybridized carbons (Fsp3) is 0.333. The van der Waals surface area contributed by atoms with Crippen molar-refractivity contribution in [1.82, 2.24) is 0 Å². The van der Waals surface area contributed by atoms with Crippen LogP contribution in [-0.4, -0.2) is 45.7 Å². The van der Waals surface area contributed by atoms with Crippen LogP contribution in [0.4, 0.5) is 5.69 Å². The molecule has 2 aromatic rings. The molecule has 0 aliphatic heterocycles. The average molecular weight is 435 g/mol. The molecule has 1 atom stereocenters. The first kappa shape index (κ1) is 23.2. The van der Waals surface area contributed by atoms with Crippen molar-refractivity contribution in [3.05, 3.63) is 53.6 Å². The topological polar surface area (TPSA) is 108 Å². The maximum atomic E-state index is 12.6. The zero-order valence-corrected chi connectivity index (χ0v) is 18.1. The zero-order valence-electron chi connectivity index (χ0n) is 17.3. The molecule has 0 saturated heterocycles. The molecule has 0 heterocycles. The molecule has 0 radical (unpaired) electrons. The van der Waals surface area contributed by atoms with Gasteiger partial charge in [-0.25, -0.2) is 13.2 Å². The number of sulfonamides is 1. The van der Waals surface area contributed by atoms with Crippen molar-refractivity contribution < 1.29 is 32.2 Å². The maximum absolute atomic E-state index is 12.6. The van der Waals surface area contributed by atoms with E-state index in [4.69, 9.17) is 14.2 Å². The minimum Gasteiger partial charge on any atom is -0.490 e. The molecule has 1 unspecified atom stereocenters. The van der Waals surface area contributed by atoms with Gasteiger partial charge in [-0.05, 0) is 63.2 Å². The number of hydrogen-bond acceptors (Lipinski definition) is 7. The van der Waals surface area contributed by atoms with E-state index in [0.29, 0.717) is 30.4 Å². The van der Waals surface area contributed by atoms with E-state index < -0.39 is 27.9 Å². The third-order valence-corrected chi connectivity index (χ3v) is 4.51. The molecular formula is C21H25NO7S. The Kier molecular flexibility index (Phi) is 7.82. The van der Waals surface area contributed by atoms with Crippen LogP contribution in [0.1, 0.15) is 41.5 Å². The van der Waals surface area contributed by atoms with E-state index >= 15 is 0 Å². The summed E-state index contributed by atoms with van der Waals surface area (Å²) in [6.07, 6.45) is -0.000755. The third kappa shape index (κ3) is 6.48. The van der Waals surface area contributed by atoms with Gasteiger partial charge in [-0.1, -0.05) is 0 Å². The minimum absolute atomic E-state index is 0.231. The summed E-state index contributed by atoms with van der Waals surface area (Å²) in [6, 6.07) is 10.5.